The number of nitrogens with zero attached hydrogens (tertiary/aromatic N) is 1. The second-order valence-electron chi connectivity index (χ2n) is 6.19. The highest BCUT2D eigenvalue weighted by molar-refractivity contribution is 5.29. The molecule has 0 radical (unpaired) electrons. The highest BCUT2D eigenvalue weighted by Gasteiger charge is 2.26. The molecule has 1 aromatic carbocycles. The van der Waals surface area contributed by atoms with Gasteiger partial charge in [0.05, 0.1) is 0 Å². The van der Waals surface area contributed by atoms with Crippen molar-refractivity contribution in [3.05, 3.63) is 35.4 Å². The Morgan fingerprint density at radius 1 is 1.21 bits per heavy atom. The number of hydrogen-bond acceptors (Lipinski definition) is 2. The molecule has 0 aromatic heterocycles. The van der Waals surface area contributed by atoms with Crippen molar-refractivity contribution < 1.29 is 0 Å². The Bertz CT molecular complexity index is 409. The Morgan fingerprint density at radius 2 is 1.95 bits per heavy atom. The van der Waals surface area contributed by atoms with Crippen molar-refractivity contribution >= 4 is 0 Å². The summed E-state index contributed by atoms with van der Waals surface area (Å²) in [5, 5.41) is 3.57. The molecule has 1 atom stereocenters. The zero-order chi connectivity index (χ0) is 13.1. The molecule has 1 heterocycles. The van der Waals surface area contributed by atoms with Gasteiger partial charge in [-0.05, 0) is 43.4 Å². The van der Waals surface area contributed by atoms with Crippen molar-refractivity contribution in [3.63, 3.8) is 0 Å². The second-order valence-corrected chi connectivity index (χ2v) is 6.19. The van der Waals surface area contributed by atoms with Gasteiger partial charge in [-0.1, -0.05) is 37.1 Å². The first-order valence-electron chi connectivity index (χ1n) is 7.83. The van der Waals surface area contributed by atoms with Gasteiger partial charge in [0, 0.05) is 25.7 Å². The molecular formula is C17H26N2. The molecule has 0 bridgehead atoms. The Hall–Kier alpha value is -0.860. The highest BCUT2D eigenvalue weighted by atomic mass is 15.2. The molecule has 1 aliphatic heterocycles. The van der Waals surface area contributed by atoms with Crippen LogP contribution in [-0.4, -0.2) is 31.1 Å². The zero-order valence-electron chi connectivity index (χ0n) is 12.1. The molecule has 1 saturated carbocycles. The maximum atomic E-state index is 3.57. The minimum absolute atomic E-state index is 0.688. The van der Waals surface area contributed by atoms with Crippen LogP contribution < -0.4 is 5.32 Å². The van der Waals surface area contributed by atoms with E-state index in [1.54, 1.807) is 5.56 Å². The third-order valence-corrected chi connectivity index (χ3v) is 5.00. The van der Waals surface area contributed by atoms with E-state index in [1.807, 2.05) is 0 Å². The average Bonchev–Trinajstić information content (AvgIpc) is 2.98. The monoisotopic (exact) mass is 258 g/mol. The van der Waals surface area contributed by atoms with Gasteiger partial charge in [-0.15, -0.1) is 0 Å². The summed E-state index contributed by atoms with van der Waals surface area (Å²) in [4.78, 5) is 2.64. The Labute approximate surface area is 117 Å². The molecule has 3 rings (SSSR count). The number of rotatable bonds is 4. The van der Waals surface area contributed by atoms with E-state index in [-0.39, 0.29) is 0 Å². The molecule has 2 aliphatic rings. The number of fused-ring (bicyclic) bond motifs is 1. The first-order chi connectivity index (χ1) is 9.36. The van der Waals surface area contributed by atoms with Crippen molar-refractivity contribution in [1.82, 2.24) is 10.2 Å². The molecule has 1 aromatic rings. The first-order valence-corrected chi connectivity index (χ1v) is 7.83. The summed E-state index contributed by atoms with van der Waals surface area (Å²) in [5.41, 5.74) is 3.09. The van der Waals surface area contributed by atoms with Crippen LogP contribution in [0, 0.1) is 5.92 Å². The summed E-state index contributed by atoms with van der Waals surface area (Å²) in [7, 11) is 2.14. The summed E-state index contributed by atoms with van der Waals surface area (Å²) in [5.74, 6) is 0.905. The average molecular weight is 258 g/mol. The fourth-order valence-corrected chi connectivity index (χ4v) is 3.82. The van der Waals surface area contributed by atoms with Crippen LogP contribution in [0.4, 0.5) is 0 Å². The third-order valence-electron chi connectivity index (χ3n) is 5.00. The molecule has 0 amide bonds. The lowest BCUT2D eigenvalue weighted by molar-refractivity contribution is 0.199. The van der Waals surface area contributed by atoms with Crippen molar-refractivity contribution in [2.24, 2.45) is 5.92 Å². The predicted octanol–water partition coefficient (Wildman–Crippen LogP) is 2.82. The lowest BCUT2D eigenvalue weighted by atomic mass is 9.95. The van der Waals surface area contributed by atoms with E-state index in [4.69, 9.17) is 0 Å². The number of hydrogen-bond donors (Lipinski definition) is 1. The van der Waals surface area contributed by atoms with Crippen LogP contribution in [0.3, 0.4) is 0 Å². The molecule has 19 heavy (non-hydrogen) atoms. The molecular weight excluding hydrogens is 232 g/mol. The van der Waals surface area contributed by atoms with E-state index in [2.05, 4.69) is 41.5 Å². The molecule has 1 fully saturated rings. The van der Waals surface area contributed by atoms with Crippen LogP contribution in [0.15, 0.2) is 24.3 Å². The zero-order valence-corrected chi connectivity index (χ0v) is 12.1. The molecule has 1 aliphatic carbocycles. The van der Waals surface area contributed by atoms with Crippen LogP contribution in [0.25, 0.3) is 0 Å². The maximum absolute atomic E-state index is 3.57. The van der Waals surface area contributed by atoms with E-state index in [0.717, 1.165) is 12.5 Å². The normalized spacial score (nSPS) is 22.4. The van der Waals surface area contributed by atoms with Gasteiger partial charge in [-0.2, -0.15) is 0 Å². The number of nitrogens with one attached hydrogen (secondary N) is 1. The van der Waals surface area contributed by atoms with E-state index in [0.29, 0.717) is 6.04 Å². The number of benzene rings is 1. The van der Waals surface area contributed by atoms with Gasteiger partial charge in [-0.3, -0.25) is 4.90 Å². The first kappa shape index (κ1) is 13.1. The largest absolute Gasteiger partial charge is 0.315 e. The smallest absolute Gasteiger partial charge is 0.0237 e. The number of likely N-dealkylation sites (N-methyl/N-ethyl adjacent to an activating group) is 1. The molecule has 0 spiro atoms. The van der Waals surface area contributed by atoms with Crippen LogP contribution in [0.1, 0.15) is 36.8 Å². The molecule has 1 N–H and O–H groups in total. The molecule has 2 heteroatoms. The van der Waals surface area contributed by atoms with E-state index in [1.165, 1.54) is 50.8 Å². The predicted molar refractivity (Wildman–Crippen MR) is 80.2 cm³/mol. The minimum Gasteiger partial charge on any atom is -0.315 e. The summed E-state index contributed by atoms with van der Waals surface area (Å²) in [6.45, 7) is 3.58. The molecule has 0 saturated heterocycles. The molecule has 104 valence electrons. The summed E-state index contributed by atoms with van der Waals surface area (Å²) in [6.07, 6.45) is 6.94. The van der Waals surface area contributed by atoms with Crippen molar-refractivity contribution in [3.8, 4) is 0 Å². The summed E-state index contributed by atoms with van der Waals surface area (Å²) < 4.78 is 0. The highest BCUT2D eigenvalue weighted by Crippen LogP contribution is 2.29. The van der Waals surface area contributed by atoms with E-state index in [9.17, 15) is 0 Å². The van der Waals surface area contributed by atoms with Crippen LogP contribution in [0.5, 0.6) is 0 Å². The lowest BCUT2D eigenvalue weighted by Gasteiger charge is -2.34. The van der Waals surface area contributed by atoms with Gasteiger partial charge in [0.15, 0.2) is 0 Å². The van der Waals surface area contributed by atoms with E-state index >= 15 is 0 Å². The Balaban J connectivity index is 1.61. The lowest BCUT2D eigenvalue weighted by Crippen LogP contribution is -2.45. The van der Waals surface area contributed by atoms with Gasteiger partial charge in [-0.25, -0.2) is 0 Å². The topological polar surface area (TPSA) is 15.3 Å². The second kappa shape index (κ2) is 6.06. The fraction of sp³-hybridized carbons (Fsp3) is 0.647. The Morgan fingerprint density at radius 3 is 2.68 bits per heavy atom. The van der Waals surface area contributed by atoms with Gasteiger partial charge < -0.3 is 5.32 Å². The standard InChI is InChI=1S/C17H26N2/c1-18-17(15-7-3-4-8-15)13-19-11-10-14-6-2-5-9-16(14)12-19/h2,5-6,9,15,17-18H,3-4,7-8,10-13H2,1H3. The van der Waals surface area contributed by atoms with Crippen molar-refractivity contribution in [2.75, 3.05) is 20.1 Å². The third kappa shape index (κ3) is 3.01. The fourth-order valence-electron chi connectivity index (χ4n) is 3.82. The van der Waals surface area contributed by atoms with Gasteiger partial charge >= 0.3 is 0 Å². The van der Waals surface area contributed by atoms with Gasteiger partial charge in [0.2, 0.25) is 0 Å². The van der Waals surface area contributed by atoms with Crippen molar-refractivity contribution in [2.45, 2.75) is 44.7 Å². The van der Waals surface area contributed by atoms with Gasteiger partial charge in [0.1, 0.15) is 0 Å². The maximum Gasteiger partial charge on any atom is 0.0237 e. The van der Waals surface area contributed by atoms with Crippen LogP contribution in [0.2, 0.25) is 0 Å². The SMILES string of the molecule is CNC(CN1CCc2ccccc2C1)C1CCCC1. The summed E-state index contributed by atoms with van der Waals surface area (Å²) >= 11 is 0. The summed E-state index contributed by atoms with van der Waals surface area (Å²) in [6, 6.07) is 9.62. The molecule has 2 nitrogen and oxygen atoms in total. The minimum atomic E-state index is 0.688. The van der Waals surface area contributed by atoms with E-state index < -0.39 is 0 Å². The Kier molecular flexibility index (Phi) is 4.19. The molecule has 1 unspecified atom stereocenters. The quantitative estimate of drug-likeness (QED) is 0.893. The van der Waals surface area contributed by atoms with Crippen LogP contribution in [-0.2, 0) is 13.0 Å². The van der Waals surface area contributed by atoms with Crippen LogP contribution >= 0.6 is 0 Å². The van der Waals surface area contributed by atoms with Crippen molar-refractivity contribution in [1.29, 1.82) is 0 Å². The van der Waals surface area contributed by atoms with Gasteiger partial charge in [0.25, 0.3) is 0 Å².